The molecule has 0 unspecified atom stereocenters. The summed E-state index contributed by atoms with van der Waals surface area (Å²) < 4.78 is 10.6. The Labute approximate surface area is 128 Å². The standard InChI is InChI=1S/C7H10O3.2C3H7O.Zr/c1-4(8)7(5(2)9)6(3)10;2*1-3(2)4;/h7H,1-3H3;2*3H,1-2H3;/q;2*-1;+2. The van der Waals surface area contributed by atoms with Gasteiger partial charge in [0.2, 0.25) is 0 Å². The third-order valence-corrected chi connectivity index (χ3v) is 4.58. The number of hydrogen-bond acceptors (Lipinski definition) is 5. The summed E-state index contributed by atoms with van der Waals surface area (Å²) in [5, 5.41) is 0. The van der Waals surface area contributed by atoms with E-state index in [9.17, 15) is 14.4 Å². The van der Waals surface area contributed by atoms with Crippen molar-refractivity contribution in [2.24, 2.45) is 5.92 Å². The molecular weight excluding hydrogens is 327 g/mol. The van der Waals surface area contributed by atoms with Crippen molar-refractivity contribution in [2.45, 2.75) is 60.7 Å². The van der Waals surface area contributed by atoms with Gasteiger partial charge in [-0.3, -0.25) is 14.4 Å². The summed E-state index contributed by atoms with van der Waals surface area (Å²) in [6, 6.07) is 0. The molecule has 0 N–H and O–H groups in total. The number of carbonyl (C=O) groups excluding carboxylic acids is 3. The predicted molar refractivity (Wildman–Crippen MR) is 68.0 cm³/mol. The summed E-state index contributed by atoms with van der Waals surface area (Å²) in [7, 11) is 0. The molecule has 0 saturated carbocycles. The van der Waals surface area contributed by atoms with Gasteiger partial charge in [0.05, 0.1) is 0 Å². The van der Waals surface area contributed by atoms with Crippen LogP contribution in [0.2, 0.25) is 0 Å². The molecule has 0 bridgehead atoms. The molecule has 110 valence electrons. The molecule has 0 aromatic rings. The Bertz CT molecular complexity index is 258. The Balaban J connectivity index is 0. The molecule has 19 heavy (non-hydrogen) atoms. The Morgan fingerprint density at radius 3 is 1.11 bits per heavy atom. The molecule has 0 aliphatic heterocycles. The van der Waals surface area contributed by atoms with Crippen LogP contribution in [0, 0.1) is 5.92 Å². The summed E-state index contributed by atoms with van der Waals surface area (Å²) in [4.78, 5) is 31.8. The molecule has 0 aromatic heterocycles. The van der Waals surface area contributed by atoms with E-state index in [1.54, 1.807) is 0 Å². The van der Waals surface area contributed by atoms with Crippen molar-refractivity contribution in [3.63, 3.8) is 0 Å². The summed E-state index contributed by atoms with van der Waals surface area (Å²) >= 11 is -0.929. The average Bonchev–Trinajstić information content (AvgIpc) is 2.14. The van der Waals surface area contributed by atoms with Crippen molar-refractivity contribution in [3.05, 3.63) is 0 Å². The van der Waals surface area contributed by atoms with Crippen LogP contribution in [0.15, 0.2) is 0 Å². The molecule has 6 heteroatoms. The quantitative estimate of drug-likeness (QED) is 0.657. The molecule has 0 aliphatic rings. The van der Waals surface area contributed by atoms with Crippen LogP contribution in [0.4, 0.5) is 0 Å². The SMILES string of the molecule is CC(=O)C(C(C)=O)C(C)=O.CC(C)[O][Zr][O]C(C)C. The molecule has 0 atom stereocenters. The Hall–Kier alpha value is -0.187. The van der Waals surface area contributed by atoms with Crippen LogP contribution in [-0.4, -0.2) is 29.6 Å². The first-order valence-electron chi connectivity index (χ1n) is 6.17. The van der Waals surface area contributed by atoms with E-state index < -0.39 is 30.0 Å². The van der Waals surface area contributed by atoms with Gasteiger partial charge in [-0.25, -0.2) is 0 Å². The second-order valence-electron chi connectivity index (χ2n) is 4.68. The summed E-state index contributed by atoms with van der Waals surface area (Å²) in [6.07, 6.45) is 0.686. The molecule has 0 heterocycles. The van der Waals surface area contributed by atoms with E-state index in [4.69, 9.17) is 5.63 Å². The minimum atomic E-state index is -1.03. The van der Waals surface area contributed by atoms with Gasteiger partial charge in [-0.1, -0.05) is 0 Å². The fourth-order valence-electron chi connectivity index (χ4n) is 1.08. The van der Waals surface area contributed by atoms with Crippen LogP contribution in [0.25, 0.3) is 0 Å². The Kier molecular flexibility index (Phi) is 12.9. The first-order chi connectivity index (χ1) is 8.59. The molecular formula is C13H24O5Zr. The van der Waals surface area contributed by atoms with Crippen LogP contribution in [0.3, 0.4) is 0 Å². The molecule has 0 amide bonds. The first kappa shape index (κ1) is 21.1. The molecule has 0 aromatic carbocycles. The van der Waals surface area contributed by atoms with Gasteiger partial charge in [0, 0.05) is 0 Å². The fourth-order valence-corrected chi connectivity index (χ4v) is 2.16. The Morgan fingerprint density at radius 2 is 1.00 bits per heavy atom. The van der Waals surface area contributed by atoms with Crippen LogP contribution in [-0.2, 0) is 44.1 Å². The minimum absolute atomic E-state index is 0.343. The van der Waals surface area contributed by atoms with Gasteiger partial charge in [-0.15, -0.1) is 0 Å². The van der Waals surface area contributed by atoms with E-state index >= 15 is 0 Å². The number of carbonyl (C=O) groups is 3. The third-order valence-electron chi connectivity index (χ3n) is 1.79. The van der Waals surface area contributed by atoms with E-state index in [1.807, 2.05) is 27.7 Å². The van der Waals surface area contributed by atoms with E-state index in [0.717, 1.165) is 0 Å². The summed E-state index contributed by atoms with van der Waals surface area (Å²) in [6.45, 7) is 11.9. The summed E-state index contributed by atoms with van der Waals surface area (Å²) in [5.41, 5.74) is 0. The van der Waals surface area contributed by atoms with Crippen molar-refractivity contribution in [1.82, 2.24) is 0 Å². The van der Waals surface area contributed by atoms with Crippen LogP contribution < -0.4 is 0 Å². The zero-order chi connectivity index (χ0) is 15.6. The van der Waals surface area contributed by atoms with E-state index in [0.29, 0.717) is 12.2 Å². The van der Waals surface area contributed by atoms with Crippen molar-refractivity contribution in [1.29, 1.82) is 0 Å². The maximum atomic E-state index is 10.6. The van der Waals surface area contributed by atoms with Gasteiger partial charge in [0.1, 0.15) is 23.3 Å². The van der Waals surface area contributed by atoms with E-state index in [-0.39, 0.29) is 17.3 Å². The van der Waals surface area contributed by atoms with Crippen molar-refractivity contribution in [2.75, 3.05) is 0 Å². The van der Waals surface area contributed by atoms with Crippen molar-refractivity contribution in [3.8, 4) is 0 Å². The maximum absolute atomic E-state index is 10.6. The van der Waals surface area contributed by atoms with Gasteiger partial charge in [-0.05, 0) is 20.8 Å². The second kappa shape index (κ2) is 11.6. The third kappa shape index (κ3) is 14.0. The molecule has 0 saturated heterocycles. The van der Waals surface area contributed by atoms with Crippen LogP contribution in [0.1, 0.15) is 48.5 Å². The van der Waals surface area contributed by atoms with Crippen LogP contribution >= 0.6 is 0 Å². The molecule has 5 nitrogen and oxygen atoms in total. The molecule has 0 radical (unpaired) electrons. The molecule has 0 spiro atoms. The topological polar surface area (TPSA) is 69.7 Å². The monoisotopic (exact) mass is 350 g/mol. The fraction of sp³-hybridized carbons (Fsp3) is 0.769. The van der Waals surface area contributed by atoms with Gasteiger partial charge in [0.15, 0.2) is 0 Å². The van der Waals surface area contributed by atoms with E-state index in [1.165, 1.54) is 20.8 Å². The number of Topliss-reactive ketones (excluding diaryl/α,β-unsaturated/α-hetero) is 3. The first-order valence-corrected chi connectivity index (χ1v) is 8.17. The molecule has 0 fully saturated rings. The van der Waals surface area contributed by atoms with Gasteiger partial charge in [0.25, 0.3) is 0 Å². The normalized spacial score (nSPS) is 10.2. The number of hydrogen-bond donors (Lipinski definition) is 0. The van der Waals surface area contributed by atoms with E-state index in [2.05, 4.69) is 0 Å². The number of rotatable bonds is 7. The van der Waals surface area contributed by atoms with Gasteiger partial charge in [-0.2, -0.15) is 0 Å². The van der Waals surface area contributed by atoms with Crippen molar-refractivity contribution < 1.29 is 44.1 Å². The average molecular weight is 352 g/mol. The zero-order valence-corrected chi connectivity index (χ0v) is 15.2. The van der Waals surface area contributed by atoms with Gasteiger partial charge >= 0.3 is 69.6 Å². The number of ketones is 3. The second-order valence-corrected chi connectivity index (χ2v) is 6.25. The summed E-state index contributed by atoms with van der Waals surface area (Å²) in [5.74, 6) is -2.15. The molecule has 0 rings (SSSR count). The van der Waals surface area contributed by atoms with Gasteiger partial charge < -0.3 is 0 Å². The zero-order valence-electron chi connectivity index (χ0n) is 12.8. The van der Waals surface area contributed by atoms with Crippen molar-refractivity contribution >= 4 is 17.3 Å². The molecule has 0 aliphatic carbocycles. The Morgan fingerprint density at radius 1 is 0.737 bits per heavy atom. The predicted octanol–water partition coefficient (Wildman–Crippen LogP) is 2.12. The van der Waals surface area contributed by atoms with Crippen LogP contribution in [0.5, 0.6) is 0 Å².